The summed E-state index contributed by atoms with van der Waals surface area (Å²) < 4.78 is 32.6. The molecule has 1 aliphatic heterocycles. The molecule has 0 saturated carbocycles. The molecule has 2 heterocycles. The van der Waals surface area contributed by atoms with E-state index in [-0.39, 0.29) is 17.2 Å². The summed E-state index contributed by atoms with van der Waals surface area (Å²) in [7, 11) is -1.90. The molecule has 0 amide bonds. The Bertz CT molecular complexity index is 1170. The highest BCUT2D eigenvalue weighted by molar-refractivity contribution is 7.90. The predicted octanol–water partition coefficient (Wildman–Crippen LogP) is 2.20. The number of nitrogens with zero attached hydrogens (tertiary/aromatic N) is 4. The summed E-state index contributed by atoms with van der Waals surface area (Å²) in [5, 5.41) is 4.63. The molecule has 0 spiro atoms. The molecule has 1 saturated heterocycles. The first-order valence-electron chi connectivity index (χ1n) is 9.86. The van der Waals surface area contributed by atoms with Crippen LogP contribution < -0.4 is 4.90 Å². The van der Waals surface area contributed by atoms with Crippen LogP contribution in [0.1, 0.15) is 17.4 Å². The number of benzene rings is 2. The zero-order valence-corrected chi connectivity index (χ0v) is 17.8. The second-order valence-corrected chi connectivity index (χ2v) is 8.99. The molecular formula is C21H24N4O4S. The molecule has 3 aromatic rings. The van der Waals surface area contributed by atoms with Crippen molar-refractivity contribution in [2.75, 3.05) is 44.7 Å². The van der Waals surface area contributed by atoms with Crippen LogP contribution in [0.4, 0.5) is 5.69 Å². The number of carbonyl (C=O) groups excluding carboxylic acids is 1. The van der Waals surface area contributed by atoms with Gasteiger partial charge in [0.2, 0.25) is 0 Å². The number of carbonyl (C=O) groups is 1. The molecule has 0 aliphatic carbocycles. The van der Waals surface area contributed by atoms with Gasteiger partial charge in [0.15, 0.2) is 5.69 Å². The van der Waals surface area contributed by atoms with Crippen LogP contribution in [-0.2, 0) is 14.8 Å². The Kier molecular flexibility index (Phi) is 5.48. The van der Waals surface area contributed by atoms with Gasteiger partial charge < -0.3 is 14.5 Å². The molecule has 4 rings (SSSR count). The van der Waals surface area contributed by atoms with Crippen LogP contribution in [0.3, 0.4) is 0 Å². The van der Waals surface area contributed by atoms with Gasteiger partial charge in [-0.2, -0.15) is 12.5 Å². The number of hydrogen-bond donors (Lipinski definition) is 0. The van der Waals surface area contributed by atoms with Crippen molar-refractivity contribution in [3.05, 3.63) is 54.2 Å². The maximum atomic E-state index is 13.3. The van der Waals surface area contributed by atoms with Crippen molar-refractivity contribution < 1.29 is 17.9 Å². The number of likely N-dealkylation sites (N-methyl/N-ethyl adjacent to an activating group) is 1. The first kappa shape index (κ1) is 20.4. The lowest BCUT2D eigenvalue weighted by Crippen LogP contribution is -2.44. The molecule has 9 heteroatoms. The van der Waals surface area contributed by atoms with Crippen LogP contribution in [0.2, 0.25) is 0 Å². The summed E-state index contributed by atoms with van der Waals surface area (Å²) >= 11 is 0. The van der Waals surface area contributed by atoms with Crippen molar-refractivity contribution in [2.45, 2.75) is 11.8 Å². The number of rotatable bonds is 5. The van der Waals surface area contributed by atoms with E-state index >= 15 is 0 Å². The van der Waals surface area contributed by atoms with E-state index < -0.39 is 16.0 Å². The number of anilines is 1. The molecule has 1 fully saturated rings. The van der Waals surface area contributed by atoms with Crippen LogP contribution >= 0.6 is 0 Å². The van der Waals surface area contributed by atoms with Crippen molar-refractivity contribution in [3.8, 4) is 0 Å². The summed E-state index contributed by atoms with van der Waals surface area (Å²) in [6, 6.07) is 13.5. The monoisotopic (exact) mass is 428 g/mol. The average molecular weight is 429 g/mol. The van der Waals surface area contributed by atoms with Crippen molar-refractivity contribution in [1.29, 1.82) is 0 Å². The lowest BCUT2D eigenvalue weighted by atomic mass is 10.1. The van der Waals surface area contributed by atoms with Crippen molar-refractivity contribution in [1.82, 2.24) is 14.1 Å². The topological polar surface area (TPSA) is 84.7 Å². The molecule has 1 aromatic heterocycles. The molecule has 0 bridgehead atoms. The third-order valence-corrected chi connectivity index (χ3v) is 6.84. The van der Waals surface area contributed by atoms with E-state index in [1.54, 1.807) is 37.3 Å². The lowest BCUT2D eigenvalue weighted by molar-refractivity contribution is 0.0521. The third kappa shape index (κ3) is 3.66. The number of esters is 1. The smallest absolute Gasteiger partial charge is 0.359 e. The fourth-order valence-corrected chi connectivity index (χ4v) is 4.86. The van der Waals surface area contributed by atoms with Crippen molar-refractivity contribution in [3.63, 3.8) is 0 Å². The highest BCUT2D eigenvalue weighted by Crippen LogP contribution is 2.28. The first-order chi connectivity index (χ1) is 14.4. The molecule has 8 nitrogen and oxygen atoms in total. The summed E-state index contributed by atoms with van der Waals surface area (Å²) in [6.07, 6.45) is 0. The van der Waals surface area contributed by atoms with Crippen molar-refractivity contribution in [2.24, 2.45) is 0 Å². The van der Waals surface area contributed by atoms with Gasteiger partial charge in [0.05, 0.1) is 17.0 Å². The Balaban J connectivity index is 1.87. The lowest BCUT2D eigenvalue weighted by Gasteiger charge is -2.34. The maximum absolute atomic E-state index is 13.3. The minimum atomic E-state index is -3.98. The van der Waals surface area contributed by atoms with Crippen LogP contribution in [0.15, 0.2) is 53.4 Å². The van der Waals surface area contributed by atoms with E-state index in [0.29, 0.717) is 10.9 Å². The molecule has 0 unspecified atom stereocenters. The van der Waals surface area contributed by atoms with Gasteiger partial charge in [-0.3, -0.25) is 0 Å². The van der Waals surface area contributed by atoms with Crippen LogP contribution in [0.5, 0.6) is 0 Å². The molecule has 158 valence electrons. The second-order valence-electron chi connectivity index (χ2n) is 7.22. The van der Waals surface area contributed by atoms with Crippen LogP contribution in [0, 0.1) is 0 Å². The minimum Gasteiger partial charge on any atom is -0.461 e. The average Bonchev–Trinajstić information content (AvgIpc) is 3.15. The first-order valence-corrected chi connectivity index (χ1v) is 11.3. The fourth-order valence-electron chi connectivity index (χ4n) is 3.56. The van der Waals surface area contributed by atoms with Gasteiger partial charge in [-0.05, 0) is 44.3 Å². The van der Waals surface area contributed by atoms with Gasteiger partial charge in [0, 0.05) is 37.3 Å². The highest BCUT2D eigenvalue weighted by atomic mass is 32.2. The highest BCUT2D eigenvalue weighted by Gasteiger charge is 2.27. The SMILES string of the molecule is CCOC(=O)c1nn(S(=O)(=O)c2ccccc2)c2cc(N3CCN(C)CC3)ccc12. The van der Waals surface area contributed by atoms with Crippen molar-refractivity contribution >= 4 is 32.6 Å². The quantitative estimate of drug-likeness (QED) is 0.576. The minimum absolute atomic E-state index is 0.00344. The standard InChI is InChI=1S/C21H24N4O4S/c1-3-29-21(26)20-18-10-9-16(24-13-11-23(2)12-14-24)15-19(18)25(22-20)30(27,28)17-7-5-4-6-8-17/h4-10,15H,3,11-14H2,1-2H3. The Morgan fingerprint density at radius 3 is 2.43 bits per heavy atom. The zero-order valence-electron chi connectivity index (χ0n) is 17.0. The number of aromatic nitrogens is 2. The summed E-state index contributed by atoms with van der Waals surface area (Å²) in [5.74, 6) is -0.642. The normalized spacial score (nSPS) is 15.5. The summed E-state index contributed by atoms with van der Waals surface area (Å²) in [6.45, 7) is 5.40. The Morgan fingerprint density at radius 1 is 1.07 bits per heavy atom. The van der Waals surface area contributed by atoms with Gasteiger partial charge in [0.1, 0.15) is 0 Å². The van der Waals surface area contributed by atoms with Crippen LogP contribution in [-0.4, -0.2) is 68.3 Å². The molecule has 2 aromatic carbocycles. The molecular weight excluding hydrogens is 404 g/mol. The third-order valence-electron chi connectivity index (χ3n) is 5.24. The fraction of sp³-hybridized carbons (Fsp3) is 0.333. The Labute approximate surface area is 175 Å². The Hall–Kier alpha value is -2.91. The van der Waals surface area contributed by atoms with E-state index in [1.807, 2.05) is 6.07 Å². The molecule has 0 atom stereocenters. The van der Waals surface area contributed by atoms with E-state index in [1.165, 1.54) is 12.1 Å². The molecule has 0 radical (unpaired) electrons. The Morgan fingerprint density at radius 2 is 1.77 bits per heavy atom. The molecule has 30 heavy (non-hydrogen) atoms. The van der Waals surface area contributed by atoms with E-state index in [9.17, 15) is 13.2 Å². The predicted molar refractivity (Wildman–Crippen MR) is 114 cm³/mol. The molecule has 0 N–H and O–H groups in total. The number of piperazine rings is 1. The number of fused-ring (bicyclic) bond motifs is 1. The second kappa shape index (κ2) is 8.08. The number of hydrogen-bond acceptors (Lipinski definition) is 7. The van der Waals surface area contributed by atoms with Gasteiger partial charge in [-0.25, -0.2) is 4.79 Å². The van der Waals surface area contributed by atoms with E-state index in [2.05, 4.69) is 21.9 Å². The van der Waals surface area contributed by atoms with Gasteiger partial charge in [0.25, 0.3) is 10.0 Å². The van der Waals surface area contributed by atoms with Crippen LogP contribution in [0.25, 0.3) is 10.9 Å². The molecule has 1 aliphatic rings. The summed E-state index contributed by atoms with van der Waals surface area (Å²) in [5.41, 5.74) is 1.25. The van der Waals surface area contributed by atoms with Gasteiger partial charge in [-0.1, -0.05) is 18.2 Å². The van der Waals surface area contributed by atoms with E-state index in [4.69, 9.17) is 4.74 Å². The number of ether oxygens (including phenoxy) is 1. The van der Waals surface area contributed by atoms with Gasteiger partial charge in [-0.15, -0.1) is 5.10 Å². The zero-order chi connectivity index (χ0) is 21.3. The largest absolute Gasteiger partial charge is 0.461 e. The maximum Gasteiger partial charge on any atom is 0.359 e. The summed E-state index contributed by atoms with van der Waals surface area (Å²) in [4.78, 5) is 17.0. The van der Waals surface area contributed by atoms with Gasteiger partial charge >= 0.3 is 5.97 Å². The van der Waals surface area contributed by atoms with E-state index in [0.717, 1.165) is 36.0 Å².